The van der Waals surface area contributed by atoms with E-state index in [1.165, 1.54) is 24.9 Å². The van der Waals surface area contributed by atoms with E-state index in [0.717, 1.165) is 17.6 Å². The van der Waals surface area contributed by atoms with Crippen molar-refractivity contribution in [3.05, 3.63) is 28.2 Å². The lowest BCUT2D eigenvalue weighted by Gasteiger charge is -2.29. The molecule has 5 heteroatoms. The molecule has 2 rings (SSSR count). The van der Waals surface area contributed by atoms with Crippen molar-refractivity contribution in [2.24, 2.45) is 10.9 Å². The number of hydrogen-bond acceptors (Lipinski definition) is 3. The summed E-state index contributed by atoms with van der Waals surface area (Å²) in [5.41, 5.74) is 7.48. The number of halogens is 1. The van der Waals surface area contributed by atoms with Crippen molar-refractivity contribution < 1.29 is 5.21 Å². The van der Waals surface area contributed by atoms with Crippen molar-refractivity contribution in [2.45, 2.75) is 19.3 Å². The number of nitrogens with zero attached hydrogens (tertiary/aromatic N) is 2. The molecule has 4 nitrogen and oxygen atoms in total. The zero-order chi connectivity index (χ0) is 12.3. The molecule has 1 aromatic rings. The first-order valence-corrected chi connectivity index (χ1v) is 6.54. The molecule has 92 valence electrons. The Kier molecular flexibility index (Phi) is 3.89. The minimum absolute atomic E-state index is 0.127. The number of nitrogens with two attached hydrogens (primary N) is 1. The second-order valence-electron chi connectivity index (χ2n) is 4.20. The molecule has 1 aromatic carbocycles. The first kappa shape index (κ1) is 12.2. The van der Waals surface area contributed by atoms with Gasteiger partial charge in [0.1, 0.15) is 0 Å². The van der Waals surface area contributed by atoms with Gasteiger partial charge in [0, 0.05) is 28.8 Å². The van der Waals surface area contributed by atoms with Crippen LogP contribution in [0.25, 0.3) is 0 Å². The summed E-state index contributed by atoms with van der Waals surface area (Å²) in [4.78, 5) is 2.37. The first-order valence-electron chi connectivity index (χ1n) is 5.75. The molecule has 0 amide bonds. The molecule has 3 N–H and O–H groups in total. The first-order chi connectivity index (χ1) is 8.22. The van der Waals surface area contributed by atoms with E-state index in [1.54, 1.807) is 0 Å². The van der Waals surface area contributed by atoms with Gasteiger partial charge in [-0.15, -0.1) is 0 Å². The van der Waals surface area contributed by atoms with E-state index >= 15 is 0 Å². The number of piperidine rings is 1. The van der Waals surface area contributed by atoms with Gasteiger partial charge in [-0.2, -0.15) is 0 Å². The third-order valence-corrected chi connectivity index (χ3v) is 3.71. The Balaban J connectivity index is 2.23. The molecular formula is C12H16BrN3O. The average molecular weight is 298 g/mol. The maximum absolute atomic E-state index is 8.66. The number of oxime groups is 1. The fraction of sp³-hybridized carbons (Fsp3) is 0.417. The van der Waals surface area contributed by atoms with E-state index < -0.39 is 0 Å². The van der Waals surface area contributed by atoms with Gasteiger partial charge in [0.15, 0.2) is 5.84 Å². The summed E-state index contributed by atoms with van der Waals surface area (Å²) in [6.07, 6.45) is 3.82. The van der Waals surface area contributed by atoms with Crippen LogP contribution in [0.2, 0.25) is 0 Å². The highest BCUT2D eigenvalue weighted by Gasteiger charge is 2.13. The summed E-state index contributed by atoms with van der Waals surface area (Å²) in [6, 6.07) is 5.92. The van der Waals surface area contributed by atoms with Crippen LogP contribution in [0.5, 0.6) is 0 Å². The van der Waals surface area contributed by atoms with E-state index in [2.05, 4.69) is 26.0 Å². The fourth-order valence-electron chi connectivity index (χ4n) is 2.11. The number of hydrogen-bond donors (Lipinski definition) is 2. The molecule has 0 atom stereocenters. The maximum Gasteiger partial charge on any atom is 0.171 e. The summed E-state index contributed by atoms with van der Waals surface area (Å²) < 4.78 is 0.857. The van der Waals surface area contributed by atoms with Crippen molar-refractivity contribution in [1.82, 2.24) is 0 Å². The van der Waals surface area contributed by atoms with Crippen LogP contribution < -0.4 is 10.6 Å². The number of amidine groups is 1. The average Bonchev–Trinajstić information content (AvgIpc) is 2.39. The molecule has 1 saturated heterocycles. The highest BCUT2D eigenvalue weighted by Crippen LogP contribution is 2.26. The third kappa shape index (κ3) is 2.72. The fourth-order valence-corrected chi connectivity index (χ4v) is 2.68. The van der Waals surface area contributed by atoms with Gasteiger partial charge in [0.05, 0.1) is 0 Å². The van der Waals surface area contributed by atoms with E-state index in [1.807, 2.05) is 18.2 Å². The quantitative estimate of drug-likeness (QED) is 0.382. The van der Waals surface area contributed by atoms with Gasteiger partial charge in [-0.25, -0.2) is 0 Å². The summed E-state index contributed by atoms with van der Waals surface area (Å²) in [6.45, 7) is 2.21. The third-order valence-electron chi connectivity index (χ3n) is 3.06. The predicted molar refractivity (Wildman–Crippen MR) is 72.7 cm³/mol. The van der Waals surface area contributed by atoms with E-state index in [0.29, 0.717) is 5.56 Å². The smallest absolute Gasteiger partial charge is 0.171 e. The topological polar surface area (TPSA) is 61.9 Å². The van der Waals surface area contributed by atoms with Gasteiger partial charge >= 0.3 is 0 Å². The zero-order valence-electron chi connectivity index (χ0n) is 9.56. The summed E-state index contributed by atoms with van der Waals surface area (Å²) >= 11 is 3.46. The molecule has 0 bridgehead atoms. The lowest BCUT2D eigenvalue weighted by molar-refractivity contribution is 0.318. The van der Waals surface area contributed by atoms with E-state index in [4.69, 9.17) is 10.9 Å². The molecule has 1 aliphatic rings. The summed E-state index contributed by atoms with van der Waals surface area (Å²) in [5.74, 6) is 0.127. The molecule has 1 heterocycles. The Morgan fingerprint density at radius 1 is 1.29 bits per heavy atom. The Labute approximate surface area is 109 Å². The Hall–Kier alpha value is -1.23. The largest absolute Gasteiger partial charge is 0.409 e. The molecule has 0 aliphatic carbocycles. The molecule has 1 aliphatic heterocycles. The molecule has 1 fully saturated rings. The van der Waals surface area contributed by atoms with Crippen LogP contribution in [0.4, 0.5) is 5.69 Å². The Bertz CT molecular complexity index is 428. The molecule has 0 saturated carbocycles. The van der Waals surface area contributed by atoms with Crippen LogP contribution in [0.15, 0.2) is 27.8 Å². The van der Waals surface area contributed by atoms with Crippen LogP contribution in [0.1, 0.15) is 24.8 Å². The number of anilines is 1. The predicted octanol–water partition coefficient (Wildman–Crippen LogP) is 2.53. The lowest BCUT2D eigenvalue weighted by Crippen LogP contribution is -2.29. The Morgan fingerprint density at radius 2 is 2.00 bits per heavy atom. The SMILES string of the molecule is N/C(=N/O)c1ccc(N2CCCCC2)cc1Br. The minimum atomic E-state index is 0.127. The van der Waals surface area contributed by atoms with Crippen molar-refractivity contribution in [3.8, 4) is 0 Å². The Morgan fingerprint density at radius 3 is 2.59 bits per heavy atom. The normalized spacial score (nSPS) is 17.2. The van der Waals surface area contributed by atoms with Gasteiger partial charge in [-0.3, -0.25) is 0 Å². The molecule has 0 spiro atoms. The summed E-state index contributed by atoms with van der Waals surface area (Å²) in [7, 11) is 0. The van der Waals surface area contributed by atoms with Gasteiger partial charge in [-0.1, -0.05) is 5.16 Å². The van der Waals surface area contributed by atoms with Crippen molar-refractivity contribution in [1.29, 1.82) is 0 Å². The minimum Gasteiger partial charge on any atom is -0.409 e. The van der Waals surface area contributed by atoms with Crippen LogP contribution >= 0.6 is 15.9 Å². The summed E-state index contributed by atoms with van der Waals surface area (Å²) in [5, 5.41) is 11.7. The molecule has 17 heavy (non-hydrogen) atoms. The van der Waals surface area contributed by atoms with Gasteiger partial charge in [0.2, 0.25) is 0 Å². The van der Waals surface area contributed by atoms with E-state index in [9.17, 15) is 0 Å². The maximum atomic E-state index is 8.66. The highest BCUT2D eigenvalue weighted by molar-refractivity contribution is 9.10. The molecule has 0 aromatic heterocycles. The van der Waals surface area contributed by atoms with Crippen LogP contribution in [-0.4, -0.2) is 24.1 Å². The zero-order valence-corrected chi connectivity index (χ0v) is 11.2. The van der Waals surface area contributed by atoms with E-state index in [-0.39, 0.29) is 5.84 Å². The van der Waals surface area contributed by atoms with Crippen LogP contribution in [0.3, 0.4) is 0 Å². The van der Waals surface area contributed by atoms with Crippen LogP contribution in [-0.2, 0) is 0 Å². The second kappa shape index (κ2) is 5.40. The highest BCUT2D eigenvalue weighted by atomic mass is 79.9. The second-order valence-corrected chi connectivity index (χ2v) is 5.05. The van der Waals surface area contributed by atoms with Crippen LogP contribution in [0, 0.1) is 0 Å². The van der Waals surface area contributed by atoms with Gasteiger partial charge in [-0.05, 0) is 53.4 Å². The van der Waals surface area contributed by atoms with Crippen molar-refractivity contribution in [2.75, 3.05) is 18.0 Å². The van der Waals surface area contributed by atoms with Gasteiger partial charge < -0.3 is 15.8 Å². The monoisotopic (exact) mass is 297 g/mol. The molecular weight excluding hydrogens is 282 g/mol. The van der Waals surface area contributed by atoms with Gasteiger partial charge in [0.25, 0.3) is 0 Å². The molecule has 0 unspecified atom stereocenters. The number of rotatable bonds is 2. The lowest BCUT2D eigenvalue weighted by atomic mass is 10.1. The number of benzene rings is 1. The van der Waals surface area contributed by atoms with Crippen molar-refractivity contribution >= 4 is 27.5 Å². The molecule has 0 radical (unpaired) electrons. The van der Waals surface area contributed by atoms with Crippen molar-refractivity contribution in [3.63, 3.8) is 0 Å². The standard InChI is InChI=1S/C12H16BrN3O/c13-11-8-9(16-6-2-1-3-7-16)4-5-10(11)12(14)15-17/h4-5,8,17H,1-3,6-7H2,(H2,14,15).